The smallest absolute Gasteiger partial charge is 0.0234 e. The van der Waals surface area contributed by atoms with Crippen LogP contribution < -0.4 is 5.32 Å². The second-order valence-electron chi connectivity index (χ2n) is 5.40. The van der Waals surface area contributed by atoms with Gasteiger partial charge in [0.1, 0.15) is 0 Å². The summed E-state index contributed by atoms with van der Waals surface area (Å²) in [6.07, 6.45) is 2.58. The van der Waals surface area contributed by atoms with Crippen molar-refractivity contribution in [3.63, 3.8) is 0 Å². The lowest BCUT2D eigenvalue weighted by Crippen LogP contribution is -2.45. The first-order valence-electron chi connectivity index (χ1n) is 6.88. The summed E-state index contributed by atoms with van der Waals surface area (Å²) in [5.41, 5.74) is 2.63. The Balaban J connectivity index is 1.81. The van der Waals surface area contributed by atoms with Gasteiger partial charge in [0, 0.05) is 25.7 Å². The molecular formula is C16H24N2. The molecule has 1 saturated heterocycles. The summed E-state index contributed by atoms with van der Waals surface area (Å²) in [5.74, 6) is 0. The zero-order valence-corrected chi connectivity index (χ0v) is 11.4. The standard InChI is InChI=1S/C16H24N2/c1-14(2)11-17-16-9-6-10-18(13-16)12-15-7-4-3-5-8-15/h3-5,7-8,16-17H,1,6,9-13H2,2H3. The Morgan fingerprint density at radius 1 is 1.39 bits per heavy atom. The lowest BCUT2D eigenvalue weighted by molar-refractivity contribution is 0.185. The molecule has 1 N–H and O–H groups in total. The highest BCUT2D eigenvalue weighted by atomic mass is 15.2. The maximum atomic E-state index is 3.95. The molecule has 2 nitrogen and oxygen atoms in total. The molecule has 1 atom stereocenters. The van der Waals surface area contributed by atoms with Gasteiger partial charge < -0.3 is 5.32 Å². The van der Waals surface area contributed by atoms with Crippen LogP contribution in [0.2, 0.25) is 0 Å². The molecule has 2 heteroatoms. The number of hydrogen-bond donors (Lipinski definition) is 1. The normalized spacial score (nSPS) is 20.8. The minimum Gasteiger partial charge on any atom is -0.309 e. The number of hydrogen-bond acceptors (Lipinski definition) is 2. The lowest BCUT2D eigenvalue weighted by Gasteiger charge is -2.33. The molecule has 0 radical (unpaired) electrons. The SMILES string of the molecule is C=C(C)CNC1CCCN(Cc2ccccc2)C1. The van der Waals surface area contributed by atoms with Gasteiger partial charge in [0.05, 0.1) is 0 Å². The van der Waals surface area contributed by atoms with Crippen LogP contribution in [0.25, 0.3) is 0 Å². The predicted octanol–water partition coefficient (Wildman–Crippen LogP) is 2.82. The molecule has 1 heterocycles. The number of rotatable bonds is 5. The van der Waals surface area contributed by atoms with E-state index < -0.39 is 0 Å². The van der Waals surface area contributed by atoms with Crippen molar-refractivity contribution in [3.8, 4) is 0 Å². The summed E-state index contributed by atoms with van der Waals surface area (Å²) in [7, 11) is 0. The molecule has 0 spiro atoms. The summed E-state index contributed by atoms with van der Waals surface area (Å²) >= 11 is 0. The first-order valence-corrected chi connectivity index (χ1v) is 6.88. The summed E-state index contributed by atoms with van der Waals surface area (Å²) < 4.78 is 0. The van der Waals surface area contributed by atoms with Gasteiger partial charge >= 0.3 is 0 Å². The highest BCUT2D eigenvalue weighted by Crippen LogP contribution is 2.13. The lowest BCUT2D eigenvalue weighted by atomic mass is 10.0. The van der Waals surface area contributed by atoms with Crippen LogP contribution in [0.5, 0.6) is 0 Å². The van der Waals surface area contributed by atoms with E-state index in [1.54, 1.807) is 0 Å². The predicted molar refractivity (Wildman–Crippen MR) is 77.6 cm³/mol. The third-order valence-corrected chi connectivity index (χ3v) is 3.45. The molecule has 1 unspecified atom stereocenters. The van der Waals surface area contributed by atoms with Crippen molar-refractivity contribution in [1.82, 2.24) is 10.2 Å². The molecule has 18 heavy (non-hydrogen) atoms. The van der Waals surface area contributed by atoms with Gasteiger partial charge in [-0.3, -0.25) is 4.90 Å². The van der Waals surface area contributed by atoms with E-state index in [1.165, 1.54) is 30.5 Å². The Hall–Kier alpha value is -1.12. The second-order valence-corrected chi connectivity index (χ2v) is 5.40. The monoisotopic (exact) mass is 244 g/mol. The average molecular weight is 244 g/mol. The molecule has 1 aliphatic rings. The van der Waals surface area contributed by atoms with Crippen molar-refractivity contribution >= 4 is 0 Å². The van der Waals surface area contributed by atoms with Gasteiger partial charge in [-0.05, 0) is 31.9 Å². The fraction of sp³-hybridized carbons (Fsp3) is 0.500. The van der Waals surface area contributed by atoms with E-state index >= 15 is 0 Å². The Morgan fingerprint density at radius 3 is 2.89 bits per heavy atom. The summed E-state index contributed by atoms with van der Waals surface area (Å²) in [4.78, 5) is 2.55. The van der Waals surface area contributed by atoms with E-state index in [0.717, 1.165) is 19.6 Å². The van der Waals surface area contributed by atoms with Crippen molar-refractivity contribution < 1.29 is 0 Å². The van der Waals surface area contributed by atoms with Gasteiger partial charge in [-0.15, -0.1) is 0 Å². The van der Waals surface area contributed by atoms with Crippen LogP contribution in [0.15, 0.2) is 42.5 Å². The molecule has 0 aliphatic carbocycles. The molecule has 1 aliphatic heterocycles. The van der Waals surface area contributed by atoms with Gasteiger partial charge in [-0.1, -0.05) is 42.5 Å². The van der Waals surface area contributed by atoms with Gasteiger partial charge in [0.2, 0.25) is 0 Å². The van der Waals surface area contributed by atoms with E-state index in [9.17, 15) is 0 Å². The third-order valence-electron chi connectivity index (χ3n) is 3.45. The van der Waals surface area contributed by atoms with Gasteiger partial charge in [0.25, 0.3) is 0 Å². The van der Waals surface area contributed by atoms with E-state index in [1.807, 2.05) is 0 Å². The van der Waals surface area contributed by atoms with E-state index in [0.29, 0.717) is 6.04 Å². The molecule has 0 amide bonds. The molecule has 1 aromatic rings. The number of nitrogens with one attached hydrogen (secondary N) is 1. The van der Waals surface area contributed by atoms with Crippen LogP contribution in [-0.4, -0.2) is 30.6 Å². The van der Waals surface area contributed by atoms with Crippen LogP contribution in [-0.2, 0) is 6.54 Å². The zero-order chi connectivity index (χ0) is 12.8. The largest absolute Gasteiger partial charge is 0.309 e. The van der Waals surface area contributed by atoms with E-state index in [2.05, 4.69) is 54.1 Å². The van der Waals surface area contributed by atoms with Crippen molar-refractivity contribution in [3.05, 3.63) is 48.0 Å². The fourth-order valence-electron chi connectivity index (χ4n) is 2.53. The van der Waals surface area contributed by atoms with E-state index in [-0.39, 0.29) is 0 Å². The highest BCUT2D eigenvalue weighted by Gasteiger charge is 2.19. The van der Waals surface area contributed by atoms with Gasteiger partial charge in [0.15, 0.2) is 0 Å². The van der Waals surface area contributed by atoms with Crippen LogP contribution >= 0.6 is 0 Å². The van der Waals surface area contributed by atoms with Crippen LogP contribution in [0.3, 0.4) is 0 Å². The van der Waals surface area contributed by atoms with Crippen LogP contribution in [0, 0.1) is 0 Å². The maximum Gasteiger partial charge on any atom is 0.0234 e. The molecule has 1 aromatic carbocycles. The number of benzene rings is 1. The molecule has 0 bridgehead atoms. The minimum absolute atomic E-state index is 0.624. The highest BCUT2D eigenvalue weighted by molar-refractivity contribution is 5.14. The van der Waals surface area contributed by atoms with Gasteiger partial charge in [-0.25, -0.2) is 0 Å². The first kappa shape index (κ1) is 13.3. The quantitative estimate of drug-likeness (QED) is 0.801. The van der Waals surface area contributed by atoms with Crippen molar-refractivity contribution in [2.24, 2.45) is 0 Å². The molecular weight excluding hydrogens is 220 g/mol. The van der Waals surface area contributed by atoms with E-state index in [4.69, 9.17) is 0 Å². The Morgan fingerprint density at radius 2 is 2.17 bits per heavy atom. The first-order chi connectivity index (χ1) is 8.74. The number of piperidine rings is 1. The van der Waals surface area contributed by atoms with Gasteiger partial charge in [-0.2, -0.15) is 0 Å². The molecule has 0 saturated carbocycles. The molecule has 1 fully saturated rings. The molecule has 98 valence electrons. The second kappa shape index (κ2) is 6.72. The number of nitrogens with zero attached hydrogens (tertiary/aromatic N) is 1. The Kier molecular flexibility index (Phi) is 4.97. The number of likely N-dealkylation sites (tertiary alicyclic amines) is 1. The van der Waals surface area contributed by atoms with Crippen molar-refractivity contribution in [1.29, 1.82) is 0 Å². The van der Waals surface area contributed by atoms with Crippen molar-refractivity contribution in [2.75, 3.05) is 19.6 Å². The summed E-state index contributed by atoms with van der Waals surface area (Å²) in [6.45, 7) is 10.4. The van der Waals surface area contributed by atoms with Crippen molar-refractivity contribution in [2.45, 2.75) is 32.4 Å². The Labute approximate surface area is 111 Å². The fourth-order valence-corrected chi connectivity index (χ4v) is 2.53. The summed E-state index contributed by atoms with van der Waals surface area (Å²) in [5, 5.41) is 3.60. The van der Waals surface area contributed by atoms with Crippen LogP contribution in [0.1, 0.15) is 25.3 Å². The third kappa shape index (κ3) is 4.28. The average Bonchev–Trinajstić information content (AvgIpc) is 2.38. The molecule has 2 rings (SSSR count). The zero-order valence-electron chi connectivity index (χ0n) is 11.4. The van der Waals surface area contributed by atoms with Crippen LogP contribution in [0.4, 0.5) is 0 Å². The summed E-state index contributed by atoms with van der Waals surface area (Å²) in [6, 6.07) is 11.4. The minimum atomic E-state index is 0.624. The molecule has 0 aromatic heterocycles. The maximum absolute atomic E-state index is 3.95. The topological polar surface area (TPSA) is 15.3 Å². The Bertz CT molecular complexity index is 372.